The van der Waals surface area contributed by atoms with E-state index in [9.17, 15) is 14.9 Å². The third-order valence-corrected chi connectivity index (χ3v) is 4.46. The Kier molecular flexibility index (Phi) is 5.28. The van der Waals surface area contributed by atoms with Crippen LogP contribution in [0.25, 0.3) is 0 Å². The zero-order valence-corrected chi connectivity index (χ0v) is 13.8. The number of amides is 1. The summed E-state index contributed by atoms with van der Waals surface area (Å²) in [6, 6.07) is 18.5. The topological polar surface area (TPSA) is 72.7 Å². The number of hydrogen-bond acceptors (Lipinski definition) is 4. The summed E-state index contributed by atoms with van der Waals surface area (Å²) >= 11 is 0. The molecule has 1 fully saturated rings. The molecule has 0 saturated carbocycles. The van der Waals surface area contributed by atoms with Crippen LogP contribution in [-0.2, 0) is 11.2 Å². The van der Waals surface area contributed by atoms with Gasteiger partial charge in [-0.15, -0.1) is 0 Å². The fourth-order valence-electron chi connectivity index (χ4n) is 3.24. The maximum atomic E-state index is 12.3. The molecule has 0 aliphatic carbocycles. The SMILES string of the molecule is O=C1OC[C@H](c2ccccc2)N1[C@@H](CCc1ccccc1)C[N+](=O)[O-]. The van der Waals surface area contributed by atoms with Crippen LogP contribution >= 0.6 is 0 Å². The molecular weight excluding hydrogens is 320 g/mol. The summed E-state index contributed by atoms with van der Waals surface area (Å²) in [5, 5.41) is 11.2. The van der Waals surface area contributed by atoms with Crippen LogP contribution in [0.15, 0.2) is 60.7 Å². The second-order valence-electron chi connectivity index (χ2n) is 6.10. The van der Waals surface area contributed by atoms with E-state index >= 15 is 0 Å². The molecule has 1 heterocycles. The van der Waals surface area contributed by atoms with Crippen LogP contribution in [0, 0.1) is 10.1 Å². The minimum absolute atomic E-state index is 0.225. The van der Waals surface area contributed by atoms with E-state index in [1.807, 2.05) is 60.7 Å². The zero-order chi connectivity index (χ0) is 17.6. The van der Waals surface area contributed by atoms with Crippen molar-refractivity contribution < 1.29 is 14.5 Å². The maximum absolute atomic E-state index is 12.3. The molecule has 0 N–H and O–H groups in total. The Morgan fingerprint density at radius 1 is 1.12 bits per heavy atom. The van der Waals surface area contributed by atoms with E-state index in [1.165, 1.54) is 0 Å². The summed E-state index contributed by atoms with van der Waals surface area (Å²) < 4.78 is 5.21. The van der Waals surface area contributed by atoms with Crippen molar-refractivity contribution in [3.63, 3.8) is 0 Å². The van der Waals surface area contributed by atoms with Crippen LogP contribution in [0.3, 0.4) is 0 Å². The highest BCUT2D eigenvalue weighted by atomic mass is 16.6. The first-order valence-corrected chi connectivity index (χ1v) is 8.31. The smallest absolute Gasteiger partial charge is 0.410 e. The van der Waals surface area contributed by atoms with Crippen molar-refractivity contribution in [2.75, 3.05) is 13.2 Å². The van der Waals surface area contributed by atoms with Crippen molar-refractivity contribution >= 4 is 6.09 Å². The van der Waals surface area contributed by atoms with Crippen molar-refractivity contribution in [3.8, 4) is 0 Å². The summed E-state index contributed by atoms with van der Waals surface area (Å²) in [4.78, 5) is 24.6. The average molecular weight is 340 g/mol. The predicted molar refractivity (Wildman–Crippen MR) is 92.8 cm³/mol. The summed E-state index contributed by atoms with van der Waals surface area (Å²) in [6.07, 6.45) is 0.711. The number of carbonyl (C=O) groups excluding carboxylic acids is 1. The van der Waals surface area contributed by atoms with Gasteiger partial charge in [0, 0.05) is 4.92 Å². The normalized spacial score (nSPS) is 18.0. The monoisotopic (exact) mass is 340 g/mol. The minimum atomic E-state index is -0.504. The largest absolute Gasteiger partial charge is 0.447 e. The molecule has 6 nitrogen and oxygen atoms in total. The van der Waals surface area contributed by atoms with E-state index in [2.05, 4.69) is 0 Å². The number of ether oxygens (including phenoxy) is 1. The summed E-state index contributed by atoms with van der Waals surface area (Å²) in [5.74, 6) is 0. The molecule has 2 atom stereocenters. The zero-order valence-electron chi connectivity index (χ0n) is 13.8. The van der Waals surface area contributed by atoms with Gasteiger partial charge in [-0.05, 0) is 24.0 Å². The lowest BCUT2D eigenvalue weighted by Gasteiger charge is -2.28. The molecule has 130 valence electrons. The second kappa shape index (κ2) is 7.79. The number of carbonyl (C=O) groups is 1. The number of aryl methyl sites for hydroxylation is 1. The molecule has 0 aromatic heterocycles. The van der Waals surface area contributed by atoms with Gasteiger partial charge in [0.2, 0.25) is 6.54 Å². The molecule has 1 amide bonds. The Morgan fingerprint density at radius 2 is 1.76 bits per heavy atom. The second-order valence-corrected chi connectivity index (χ2v) is 6.10. The number of cyclic esters (lactones) is 1. The van der Waals surface area contributed by atoms with E-state index in [-0.39, 0.29) is 24.1 Å². The Balaban J connectivity index is 1.80. The number of hydrogen-bond donors (Lipinski definition) is 0. The molecule has 6 heteroatoms. The molecule has 0 unspecified atom stereocenters. The van der Waals surface area contributed by atoms with Crippen LogP contribution in [0.5, 0.6) is 0 Å². The molecule has 0 bridgehead atoms. The van der Waals surface area contributed by atoms with Crippen molar-refractivity contribution in [1.29, 1.82) is 0 Å². The van der Waals surface area contributed by atoms with E-state index in [0.29, 0.717) is 12.8 Å². The van der Waals surface area contributed by atoms with Gasteiger partial charge in [-0.3, -0.25) is 15.0 Å². The van der Waals surface area contributed by atoms with Gasteiger partial charge in [0.25, 0.3) is 0 Å². The molecular formula is C19H20N2O4. The van der Waals surface area contributed by atoms with Crippen LogP contribution in [0.1, 0.15) is 23.6 Å². The van der Waals surface area contributed by atoms with Gasteiger partial charge in [-0.25, -0.2) is 4.79 Å². The fraction of sp³-hybridized carbons (Fsp3) is 0.316. The molecule has 1 saturated heterocycles. The lowest BCUT2D eigenvalue weighted by atomic mass is 10.0. The first kappa shape index (κ1) is 17.0. The Morgan fingerprint density at radius 3 is 2.40 bits per heavy atom. The van der Waals surface area contributed by atoms with E-state index in [0.717, 1.165) is 11.1 Å². The Labute approximate surface area is 146 Å². The van der Waals surface area contributed by atoms with Gasteiger partial charge >= 0.3 is 6.09 Å². The van der Waals surface area contributed by atoms with Crippen LogP contribution in [-0.4, -0.2) is 35.1 Å². The molecule has 2 aromatic rings. The third-order valence-electron chi connectivity index (χ3n) is 4.46. The predicted octanol–water partition coefficient (Wildman–Crippen LogP) is 3.46. The standard InChI is InChI=1S/C19H20N2O4/c22-19-21(18(14-25-19)16-9-5-2-6-10-16)17(13-20(23)24)12-11-15-7-3-1-4-8-15/h1-10,17-18H,11-14H2/t17-,18+/m0/s1. The Hall–Kier alpha value is -2.89. The van der Waals surface area contributed by atoms with Gasteiger partial charge in [-0.1, -0.05) is 60.7 Å². The molecule has 1 aliphatic rings. The lowest BCUT2D eigenvalue weighted by molar-refractivity contribution is -0.486. The van der Waals surface area contributed by atoms with Crippen LogP contribution < -0.4 is 0 Å². The molecule has 1 aliphatic heterocycles. The molecule has 0 radical (unpaired) electrons. The highest BCUT2D eigenvalue weighted by Crippen LogP contribution is 2.31. The fourth-order valence-corrected chi connectivity index (χ4v) is 3.24. The summed E-state index contributed by atoms with van der Waals surface area (Å²) in [6.45, 7) is -0.0618. The van der Waals surface area contributed by atoms with Gasteiger partial charge in [0.1, 0.15) is 12.6 Å². The third kappa shape index (κ3) is 4.15. The lowest BCUT2D eigenvalue weighted by Crippen LogP contribution is -2.42. The average Bonchev–Trinajstić information content (AvgIpc) is 3.01. The summed E-state index contributed by atoms with van der Waals surface area (Å²) in [7, 11) is 0. The highest BCUT2D eigenvalue weighted by Gasteiger charge is 2.40. The molecule has 3 rings (SSSR count). The quantitative estimate of drug-likeness (QED) is 0.571. The number of rotatable bonds is 7. The molecule has 25 heavy (non-hydrogen) atoms. The maximum Gasteiger partial charge on any atom is 0.410 e. The van der Waals surface area contributed by atoms with Crippen molar-refractivity contribution in [2.24, 2.45) is 0 Å². The van der Waals surface area contributed by atoms with E-state index in [1.54, 1.807) is 4.90 Å². The van der Waals surface area contributed by atoms with E-state index in [4.69, 9.17) is 4.74 Å². The van der Waals surface area contributed by atoms with Crippen LogP contribution in [0.2, 0.25) is 0 Å². The van der Waals surface area contributed by atoms with Gasteiger partial charge in [0.15, 0.2) is 0 Å². The van der Waals surface area contributed by atoms with Crippen molar-refractivity contribution in [1.82, 2.24) is 4.90 Å². The van der Waals surface area contributed by atoms with Crippen molar-refractivity contribution in [3.05, 3.63) is 81.9 Å². The van der Waals surface area contributed by atoms with Crippen LogP contribution in [0.4, 0.5) is 4.79 Å². The summed E-state index contributed by atoms with van der Waals surface area (Å²) in [5.41, 5.74) is 2.03. The first-order chi connectivity index (χ1) is 12.1. The minimum Gasteiger partial charge on any atom is -0.447 e. The Bertz CT molecular complexity index is 721. The number of nitrogens with zero attached hydrogens (tertiary/aromatic N) is 2. The van der Waals surface area contributed by atoms with Gasteiger partial charge in [0.05, 0.1) is 6.04 Å². The highest BCUT2D eigenvalue weighted by molar-refractivity contribution is 5.71. The molecule has 0 spiro atoms. The van der Waals surface area contributed by atoms with E-state index < -0.39 is 12.1 Å². The molecule has 2 aromatic carbocycles. The van der Waals surface area contributed by atoms with Gasteiger partial charge in [-0.2, -0.15) is 0 Å². The van der Waals surface area contributed by atoms with Crippen molar-refractivity contribution in [2.45, 2.75) is 24.9 Å². The van der Waals surface area contributed by atoms with Gasteiger partial charge < -0.3 is 4.74 Å². The number of benzene rings is 2. The first-order valence-electron chi connectivity index (χ1n) is 8.31. The number of nitro groups is 1.